The average Bonchev–Trinajstić information content (AvgIpc) is 2.66. The molecule has 0 unspecified atom stereocenters. The lowest BCUT2D eigenvalue weighted by molar-refractivity contribution is -0.290. The minimum Gasteiger partial charge on any atom is -0.396 e. The van der Waals surface area contributed by atoms with Gasteiger partial charge in [0.15, 0.2) is 0 Å². The maximum absolute atomic E-state index is 12.4. The van der Waals surface area contributed by atoms with Crippen molar-refractivity contribution in [3.8, 4) is 0 Å². The second kappa shape index (κ2) is 2.80. The van der Waals surface area contributed by atoms with Crippen LogP contribution in [0.2, 0.25) is 0 Å². The molecule has 0 radical (unpaired) electrons. The van der Waals surface area contributed by atoms with E-state index in [0.29, 0.717) is 0 Å². The number of alkyl halides is 5. The maximum Gasteiger partial charge on any atom is 0.453 e. The lowest BCUT2D eigenvalue weighted by Gasteiger charge is -2.23. The molecule has 0 aromatic heterocycles. The highest BCUT2D eigenvalue weighted by molar-refractivity contribution is 4.97. The van der Waals surface area contributed by atoms with Crippen molar-refractivity contribution in [1.29, 1.82) is 0 Å². The Hall–Kier alpha value is -0.390. The molecule has 0 aromatic rings. The van der Waals surface area contributed by atoms with Crippen molar-refractivity contribution in [3.63, 3.8) is 0 Å². The fourth-order valence-electron chi connectivity index (χ4n) is 1.14. The number of aliphatic hydroxyl groups excluding tert-OH is 1. The van der Waals surface area contributed by atoms with E-state index in [4.69, 9.17) is 5.11 Å². The van der Waals surface area contributed by atoms with Gasteiger partial charge in [0.25, 0.3) is 0 Å². The third kappa shape index (κ3) is 2.10. The Morgan fingerprint density at radius 2 is 1.54 bits per heavy atom. The topological polar surface area (TPSA) is 20.2 Å². The van der Waals surface area contributed by atoms with Crippen LogP contribution in [0, 0.1) is 5.41 Å². The largest absolute Gasteiger partial charge is 0.453 e. The van der Waals surface area contributed by atoms with Crippen molar-refractivity contribution in [2.24, 2.45) is 5.41 Å². The highest BCUT2D eigenvalue weighted by atomic mass is 19.4. The molecule has 78 valence electrons. The van der Waals surface area contributed by atoms with Gasteiger partial charge in [-0.05, 0) is 18.3 Å². The summed E-state index contributed by atoms with van der Waals surface area (Å²) in [7, 11) is 0. The Bertz CT molecular complexity index is 194. The summed E-state index contributed by atoms with van der Waals surface area (Å²) in [5.41, 5.74) is -1.18. The highest BCUT2D eigenvalue weighted by Gasteiger charge is 2.62. The van der Waals surface area contributed by atoms with Gasteiger partial charge in [-0.25, -0.2) is 0 Å². The van der Waals surface area contributed by atoms with E-state index in [1.54, 1.807) is 0 Å². The van der Waals surface area contributed by atoms with E-state index in [2.05, 4.69) is 0 Å². The van der Waals surface area contributed by atoms with Crippen LogP contribution in [0.3, 0.4) is 0 Å². The van der Waals surface area contributed by atoms with Gasteiger partial charge in [-0.2, -0.15) is 22.0 Å². The maximum atomic E-state index is 12.4. The molecular formula is C7H9F5O. The minimum atomic E-state index is -5.50. The molecule has 1 aliphatic rings. The molecule has 0 amide bonds. The smallest absolute Gasteiger partial charge is 0.396 e. The summed E-state index contributed by atoms with van der Waals surface area (Å²) in [5.74, 6) is -4.67. The Morgan fingerprint density at radius 1 is 1.08 bits per heavy atom. The van der Waals surface area contributed by atoms with Crippen LogP contribution in [0.4, 0.5) is 22.0 Å². The van der Waals surface area contributed by atoms with E-state index in [1.807, 2.05) is 0 Å². The molecular weight excluding hydrogens is 195 g/mol. The number of hydrogen-bond acceptors (Lipinski definition) is 1. The first-order valence-corrected chi connectivity index (χ1v) is 3.78. The van der Waals surface area contributed by atoms with Crippen molar-refractivity contribution in [1.82, 2.24) is 0 Å². The molecule has 1 aliphatic carbocycles. The molecule has 1 rings (SSSR count). The van der Waals surface area contributed by atoms with Crippen molar-refractivity contribution < 1.29 is 27.1 Å². The Kier molecular flexibility index (Phi) is 2.30. The van der Waals surface area contributed by atoms with Crippen molar-refractivity contribution >= 4 is 0 Å². The molecule has 0 spiro atoms. The predicted molar refractivity (Wildman–Crippen MR) is 34.4 cm³/mol. The van der Waals surface area contributed by atoms with Crippen LogP contribution in [0.1, 0.15) is 19.3 Å². The second-order valence-electron chi connectivity index (χ2n) is 3.54. The first-order chi connectivity index (χ1) is 5.72. The van der Waals surface area contributed by atoms with E-state index in [0.717, 1.165) is 0 Å². The molecule has 0 saturated heterocycles. The normalized spacial score (nSPS) is 21.7. The van der Waals surface area contributed by atoms with Crippen LogP contribution in [0.5, 0.6) is 0 Å². The van der Waals surface area contributed by atoms with Crippen molar-refractivity contribution in [2.75, 3.05) is 6.61 Å². The number of aliphatic hydroxyl groups is 1. The Labute approximate surface area is 71.5 Å². The van der Waals surface area contributed by atoms with Gasteiger partial charge in [0, 0.05) is 13.0 Å². The van der Waals surface area contributed by atoms with Gasteiger partial charge >= 0.3 is 12.1 Å². The van der Waals surface area contributed by atoms with Gasteiger partial charge in [0.2, 0.25) is 0 Å². The molecule has 0 atom stereocenters. The minimum absolute atomic E-state index is 0.245. The molecule has 1 nitrogen and oxygen atoms in total. The van der Waals surface area contributed by atoms with Crippen molar-refractivity contribution in [2.45, 2.75) is 31.4 Å². The fourth-order valence-corrected chi connectivity index (χ4v) is 1.14. The monoisotopic (exact) mass is 204 g/mol. The van der Waals surface area contributed by atoms with Gasteiger partial charge in [-0.1, -0.05) is 0 Å². The van der Waals surface area contributed by atoms with Gasteiger partial charge in [-0.3, -0.25) is 0 Å². The Morgan fingerprint density at radius 3 is 1.77 bits per heavy atom. The molecule has 0 heterocycles. The first-order valence-electron chi connectivity index (χ1n) is 3.78. The summed E-state index contributed by atoms with van der Waals surface area (Å²) in [6.07, 6.45) is -6.30. The van der Waals surface area contributed by atoms with Crippen LogP contribution >= 0.6 is 0 Å². The number of rotatable bonds is 3. The van der Waals surface area contributed by atoms with Gasteiger partial charge in [0.05, 0.1) is 0 Å². The van der Waals surface area contributed by atoms with E-state index in [1.165, 1.54) is 0 Å². The fraction of sp³-hybridized carbons (Fsp3) is 1.00. The molecule has 6 heteroatoms. The van der Waals surface area contributed by atoms with Crippen LogP contribution < -0.4 is 0 Å². The summed E-state index contributed by atoms with van der Waals surface area (Å²) in [4.78, 5) is 0. The first kappa shape index (κ1) is 10.7. The predicted octanol–water partition coefficient (Wildman–Crippen LogP) is 2.35. The summed E-state index contributed by atoms with van der Waals surface area (Å²) < 4.78 is 59.9. The molecule has 1 N–H and O–H groups in total. The number of halogens is 5. The zero-order valence-electron chi connectivity index (χ0n) is 6.67. The van der Waals surface area contributed by atoms with E-state index in [-0.39, 0.29) is 12.8 Å². The molecule has 1 saturated carbocycles. The van der Waals surface area contributed by atoms with Gasteiger partial charge < -0.3 is 5.11 Å². The van der Waals surface area contributed by atoms with E-state index >= 15 is 0 Å². The van der Waals surface area contributed by atoms with Crippen molar-refractivity contribution in [3.05, 3.63) is 0 Å². The van der Waals surface area contributed by atoms with Gasteiger partial charge in [-0.15, -0.1) is 0 Å². The third-order valence-electron chi connectivity index (χ3n) is 2.30. The zero-order valence-corrected chi connectivity index (χ0v) is 6.67. The molecule has 0 aromatic carbocycles. The summed E-state index contributed by atoms with van der Waals surface area (Å²) >= 11 is 0. The average molecular weight is 204 g/mol. The Balaban J connectivity index is 2.62. The molecule has 13 heavy (non-hydrogen) atoms. The third-order valence-corrected chi connectivity index (χ3v) is 2.30. The standard InChI is InChI=1S/C7H9F5O/c8-6(9,7(10,11)12)3-5(4-13)1-2-5/h13H,1-4H2. The van der Waals surface area contributed by atoms with Gasteiger partial charge in [0.1, 0.15) is 0 Å². The summed E-state index contributed by atoms with van der Waals surface area (Å²) in [5, 5.41) is 8.58. The lowest BCUT2D eigenvalue weighted by Crippen LogP contribution is -2.39. The second-order valence-corrected chi connectivity index (χ2v) is 3.54. The van der Waals surface area contributed by atoms with Crippen LogP contribution in [0.25, 0.3) is 0 Å². The lowest BCUT2D eigenvalue weighted by atomic mass is 9.98. The van der Waals surface area contributed by atoms with E-state index < -0.39 is 30.5 Å². The zero-order chi connectivity index (χ0) is 10.3. The highest BCUT2D eigenvalue weighted by Crippen LogP contribution is 2.55. The number of hydrogen-bond donors (Lipinski definition) is 1. The van der Waals surface area contributed by atoms with Crippen LogP contribution in [0.15, 0.2) is 0 Å². The van der Waals surface area contributed by atoms with Crippen LogP contribution in [-0.4, -0.2) is 23.8 Å². The summed E-state index contributed by atoms with van der Waals surface area (Å²) in [6, 6.07) is 0. The molecule has 0 aliphatic heterocycles. The SMILES string of the molecule is OCC1(CC(F)(F)C(F)(F)F)CC1. The van der Waals surface area contributed by atoms with Crippen LogP contribution in [-0.2, 0) is 0 Å². The summed E-state index contributed by atoms with van der Waals surface area (Å²) in [6.45, 7) is -0.599. The van der Waals surface area contributed by atoms with E-state index in [9.17, 15) is 22.0 Å². The molecule has 0 bridgehead atoms. The quantitative estimate of drug-likeness (QED) is 0.699. The molecule has 1 fully saturated rings.